The lowest BCUT2D eigenvalue weighted by atomic mass is 10.1. The van der Waals surface area contributed by atoms with Gasteiger partial charge in [0, 0.05) is 5.70 Å². The Kier molecular flexibility index (Phi) is 8.62. The van der Waals surface area contributed by atoms with Crippen LogP contribution < -0.4 is 16.8 Å². The lowest BCUT2D eigenvalue weighted by molar-refractivity contribution is -0.119. The molecule has 0 spiro atoms. The van der Waals surface area contributed by atoms with Crippen molar-refractivity contribution in [3.8, 4) is 0 Å². The van der Waals surface area contributed by atoms with Gasteiger partial charge in [0.15, 0.2) is 0 Å². The van der Waals surface area contributed by atoms with E-state index in [2.05, 4.69) is 5.32 Å². The van der Waals surface area contributed by atoms with Crippen molar-refractivity contribution >= 4 is 5.91 Å². The Morgan fingerprint density at radius 2 is 1.74 bits per heavy atom. The van der Waals surface area contributed by atoms with E-state index in [9.17, 15) is 4.79 Å². The van der Waals surface area contributed by atoms with Gasteiger partial charge in [0.05, 0.1) is 6.42 Å². The number of amides is 1. The molecular formula is C15H23N3O. The minimum atomic E-state index is -0.145. The summed E-state index contributed by atoms with van der Waals surface area (Å²) in [6.45, 7) is 5.75. The Labute approximate surface area is 115 Å². The highest BCUT2D eigenvalue weighted by atomic mass is 16.1. The number of benzene rings is 1. The summed E-state index contributed by atoms with van der Waals surface area (Å²) in [5.41, 5.74) is 12.6. The summed E-state index contributed by atoms with van der Waals surface area (Å²) in [7, 11) is 0. The Morgan fingerprint density at radius 1 is 1.16 bits per heavy atom. The predicted octanol–water partition coefficient (Wildman–Crippen LogP) is 2.03. The molecule has 0 saturated heterocycles. The SMILES string of the molecule is C/C(N)=C/C=C(\N)NC(=O)Cc1ccccc1.CC. The number of carbonyl (C=O) groups is 1. The average Bonchev–Trinajstić information content (AvgIpc) is 2.39. The predicted molar refractivity (Wildman–Crippen MR) is 79.9 cm³/mol. The second-order valence-electron chi connectivity index (χ2n) is 3.74. The van der Waals surface area contributed by atoms with Crippen LogP contribution in [0.5, 0.6) is 0 Å². The first kappa shape index (κ1) is 16.8. The van der Waals surface area contributed by atoms with Crippen LogP contribution in [0, 0.1) is 0 Å². The molecule has 4 heteroatoms. The third kappa shape index (κ3) is 8.49. The zero-order chi connectivity index (χ0) is 14.7. The van der Waals surface area contributed by atoms with Gasteiger partial charge in [0.2, 0.25) is 5.91 Å². The number of carbonyl (C=O) groups excluding carboxylic acids is 1. The summed E-state index contributed by atoms with van der Waals surface area (Å²) in [5.74, 6) is 0.142. The van der Waals surface area contributed by atoms with Crippen LogP contribution in [-0.4, -0.2) is 5.91 Å². The van der Waals surface area contributed by atoms with E-state index >= 15 is 0 Å². The minimum Gasteiger partial charge on any atom is -0.402 e. The number of nitrogens with two attached hydrogens (primary N) is 2. The van der Waals surface area contributed by atoms with E-state index < -0.39 is 0 Å². The van der Waals surface area contributed by atoms with Gasteiger partial charge in [-0.15, -0.1) is 0 Å². The number of hydrogen-bond donors (Lipinski definition) is 3. The van der Waals surface area contributed by atoms with Crippen LogP contribution in [0.4, 0.5) is 0 Å². The Bertz CT molecular complexity index is 432. The molecule has 0 radical (unpaired) electrons. The van der Waals surface area contributed by atoms with Gasteiger partial charge < -0.3 is 16.8 Å². The van der Waals surface area contributed by atoms with Gasteiger partial charge in [-0.05, 0) is 24.6 Å². The summed E-state index contributed by atoms with van der Waals surface area (Å²) in [6, 6.07) is 9.47. The van der Waals surface area contributed by atoms with Crippen LogP contribution in [0.25, 0.3) is 0 Å². The normalized spacial score (nSPS) is 11.3. The monoisotopic (exact) mass is 261 g/mol. The van der Waals surface area contributed by atoms with Gasteiger partial charge in [-0.25, -0.2) is 0 Å². The molecule has 0 saturated carbocycles. The molecule has 1 aromatic carbocycles. The standard InChI is InChI=1S/C13H17N3O.C2H6/c1-10(14)7-8-12(15)16-13(17)9-11-5-3-2-4-6-11;1-2/h2-8H,9,14-15H2,1H3,(H,16,17);1-2H3/b10-7-,12-8+;. The quantitative estimate of drug-likeness (QED) is 0.725. The van der Waals surface area contributed by atoms with Crippen molar-refractivity contribution in [1.82, 2.24) is 5.32 Å². The van der Waals surface area contributed by atoms with Crippen LogP contribution in [0.3, 0.4) is 0 Å². The van der Waals surface area contributed by atoms with E-state index in [1.807, 2.05) is 44.2 Å². The smallest absolute Gasteiger partial charge is 0.229 e. The Hall–Kier alpha value is -2.23. The molecule has 104 valence electrons. The molecule has 1 aromatic rings. The van der Waals surface area contributed by atoms with Gasteiger partial charge in [-0.1, -0.05) is 44.2 Å². The van der Waals surface area contributed by atoms with Crippen molar-refractivity contribution in [2.24, 2.45) is 11.5 Å². The maximum Gasteiger partial charge on any atom is 0.229 e. The topological polar surface area (TPSA) is 81.1 Å². The van der Waals surface area contributed by atoms with Gasteiger partial charge in [-0.2, -0.15) is 0 Å². The summed E-state index contributed by atoms with van der Waals surface area (Å²) in [6.07, 6.45) is 3.51. The lowest BCUT2D eigenvalue weighted by Crippen LogP contribution is -2.28. The van der Waals surface area contributed by atoms with Gasteiger partial charge in [-0.3, -0.25) is 4.79 Å². The molecule has 0 atom stereocenters. The molecule has 0 heterocycles. The first-order chi connectivity index (χ1) is 9.08. The Balaban J connectivity index is 0.00000154. The average molecular weight is 261 g/mol. The van der Waals surface area contributed by atoms with Crippen molar-refractivity contribution in [2.75, 3.05) is 0 Å². The van der Waals surface area contributed by atoms with E-state index in [1.165, 1.54) is 0 Å². The van der Waals surface area contributed by atoms with Crippen LogP contribution in [0.15, 0.2) is 54.0 Å². The van der Waals surface area contributed by atoms with Crippen molar-refractivity contribution in [1.29, 1.82) is 0 Å². The van der Waals surface area contributed by atoms with Crippen molar-refractivity contribution in [3.05, 3.63) is 59.6 Å². The molecule has 1 rings (SSSR count). The third-order valence-electron chi connectivity index (χ3n) is 2.02. The molecule has 0 bridgehead atoms. The number of hydrogen-bond acceptors (Lipinski definition) is 3. The second kappa shape index (κ2) is 9.76. The largest absolute Gasteiger partial charge is 0.402 e. The maximum absolute atomic E-state index is 11.6. The van der Waals surface area contributed by atoms with Crippen molar-refractivity contribution < 1.29 is 4.79 Å². The zero-order valence-corrected chi connectivity index (χ0v) is 11.8. The fourth-order valence-electron chi connectivity index (χ4n) is 1.25. The number of rotatable bonds is 4. The van der Waals surface area contributed by atoms with Crippen molar-refractivity contribution in [3.63, 3.8) is 0 Å². The van der Waals surface area contributed by atoms with Crippen LogP contribution in [0.1, 0.15) is 26.3 Å². The fraction of sp³-hybridized carbons (Fsp3) is 0.267. The molecule has 19 heavy (non-hydrogen) atoms. The molecule has 0 unspecified atom stereocenters. The highest BCUT2D eigenvalue weighted by Crippen LogP contribution is 1.99. The molecule has 0 aliphatic heterocycles. The van der Waals surface area contributed by atoms with E-state index in [1.54, 1.807) is 19.1 Å². The van der Waals surface area contributed by atoms with Gasteiger partial charge >= 0.3 is 0 Å². The van der Waals surface area contributed by atoms with E-state index in [0.29, 0.717) is 12.1 Å². The maximum atomic E-state index is 11.6. The molecular weight excluding hydrogens is 238 g/mol. The summed E-state index contributed by atoms with van der Waals surface area (Å²) >= 11 is 0. The minimum absolute atomic E-state index is 0.145. The summed E-state index contributed by atoms with van der Waals surface area (Å²) < 4.78 is 0. The summed E-state index contributed by atoms with van der Waals surface area (Å²) in [5, 5.41) is 2.58. The van der Waals surface area contributed by atoms with Gasteiger partial charge in [0.1, 0.15) is 5.82 Å². The molecule has 0 aliphatic carbocycles. The van der Waals surface area contributed by atoms with Crippen LogP contribution in [0.2, 0.25) is 0 Å². The fourth-order valence-corrected chi connectivity index (χ4v) is 1.25. The summed E-state index contributed by atoms with van der Waals surface area (Å²) in [4.78, 5) is 11.6. The molecule has 0 aliphatic rings. The second-order valence-corrected chi connectivity index (χ2v) is 3.74. The molecule has 5 N–H and O–H groups in total. The van der Waals surface area contributed by atoms with Crippen LogP contribution in [-0.2, 0) is 11.2 Å². The number of nitrogens with one attached hydrogen (secondary N) is 1. The highest BCUT2D eigenvalue weighted by molar-refractivity contribution is 5.80. The van der Waals surface area contributed by atoms with E-state index in [0.717, 1.165) is 5.56 Å². The molecule has 1 amide bonds. The zero-order valence-electron chi connectivity index (χ0n) is 11.8. The van der Waals surface area contributed by atoms with E-state index in [-0.39, 0.29) is 11.7 Å². The third-order valence-corrected chi connectivity index (χ3v) is 2.02. The molecule has 0 fully saturated rings. The first-order valence-corrected chi connectivity index (χ1v) is 6.31. The first-order valence-electron chi connectivity index (χ1n) is 6.31. The van der Waals surface area contributed by atoms with Crippen molar-refractivity contribution in [2.45, 2.75) is 27.2 Å². The highest BCUT2D eigenvalue weighted by Gasteiger charge is 2.02. The lowest BCUT2D eigenvalue weighted by Gasteiger charge is -2.04. The number of allylic oxidation sites excluding steroid dienone is 3. The van der Waals surface area contributed by atoms with E-state index in [4.69, 9.17) is 11.5 Å². The molecule has 0 aromatic heterocycles. The van der Waals surface area contributed by atoms with Crippen LogP contribution >= 0.6 is 0 Å². The van der Waals surface area contributed by atoms with Gasteiger partial charge in [0.25, 0.3) is 0 Å². The Morgan fingerprint density at radius 3 is 2.26 bits per heavy atom. The molecule has 4 nitrogen and oxygen atoms in total.